The molecule has 0 N–H and O–H groups in total. The maximum absolute atomic E-state index is 12.7. The normalized spacial score (nSPS) is 36.2. The van der Waals surface area contributed by atoms with E-state index in [1.807, 2.05) is 30.3 Å². The Morgan fingerprint density at radius 1 is 1.00 bits per heavy atom. The van der Waals surface area contributed by atoms with E-state index >= 15 is 0 Å². The van der Waals surface area contributed by atoms with Gasteiger partial charge in [-0.1, -0.05) is 42.5 Å². The Labute approximate surface area is 135 Å². The summed E-state index contributed by atoms with van der Waals surface area (Å²) in [6.45, 7) is 0.249. The van der Waals surface area contributed by atoms with Crippen LogP contribution in [0.2, 0.25) is 0 Å². The second-order valence-electron chi connectivity index (χ2n) is 6.77. The summed E-state index contributed by atoms with van der Waals surface area (Å²) in [5.74, 6) is 0.00815. The number of methoxy groups -OCH3 is 1. The molecule has 5 rings (SSSR count). The van der Waals surface area contributed by atoms with Crippen molar-refractivity contribution in [3.05, 3.63) is 48.0 Å². The highest BCUT2D eigenvalue weighted by Crippen LogP contribution is 2.63. The summed E-state index contributed by atoms with van der Waals surface area (Å²) in [4.78, 5) is 24.9. The summed E-state index contributed by atoms with van der Waals surface area (Å²) in [5, 5.41) is 0. The fraction of sp³-hybridized carbons (Fsp3) is 0.474. The Morgan fingerprint density at radius 3 is 2.22 bits per heavy atom. The lowest BCUT2D eigenvalue weighted by molar-refractivity contribution is -0.167. The van der Waals surface area contributed by atoms with Crippen LogP contribution in [0.15, 0.2) is 42.5 Å². The van der Waals surface area contributed by atoms with Crippen molar-refractivity contribution in [2.24, 2.45) is 35.5 Å². The van der Waals surface area contributed by atoms with Gasteiger partial charge in [-0.2, -0.15) is 0 Å². The number of fused-ring (bicyclic) bond motifs is 1. The summed E-state index contributed by atoms with van der Waals surface area (Å²) in [7, 11) is 1.39. The first kappa shape index (κ1) is 14.5. The number of allylic oxidation sites excluding steroid dienone is 2. The molecular weight excluding hydrogens is 292 g/mol. The van der Waals surface area contributed by atoms with Crippen LogP contribution in [0.25, 0.3) is 0 Å². The number of ether oxygens (including phenoxy) is 2. The maximum Gasteiger partial charge on any atom is 0.310 e. The summed E-state index contributed by atoms with van der Waals surface area (Å²) in [6.07, 6.45) is 5.34. The van der Waals surface area contributed by atoms with Crippen molar-refractivity contribution in [1.29, 1.82) is 0 Å². The molecular formula is C19H20O4. The van der Waals surface area contributed by atoms with Gasteiger partial charge in [-0.3, -0.25) is 9.59 Å². The standard InChI is InChI=1S/C19H20O4/c1-22-18(20)16-12-7-8-13(15-9-14(12)15)17(16)19(21)23-10-11-5-3-2-4-6-11/h2-8,12-17H,9-10H2,1H3/t12-,13+,14+,15-,16-,17+/m0/s1. The van der Waals surface area contributed by atoms with E-state index in [-0.39, 0.29) is 36.3 Å². The highest BCUT2D eigenvalue weighted by atomic mass is 16.5. The number of rotatable bonds is 4. The summed E-state index contributed by atoms with van der Waals surface area (Å²) < 4.78 is 10.5. The largest absolute Gasteiger partial charge is 0.469 e. The molecule has 2 bridgehead atoms. The van der Waals surface area contributed by atoms with E-state index in [1.165, 1.54) is 7.11 Å². The Kier molecular flexibility index (Phi) is 3.47. The first-order valence-electron chi connectivity index (χ1n) is 8.17. The molecule has 4 nitrogen and oxygen atoms in total. The molecule has 1 aromatic rings. The van der Waals surface area contributed by atoms with Gasteiger partial charge in [-0.05, 0) is 35.7 Å². The Morgan fingerprint density at radius 2 is 1.61 bits per heavy atom. The second kappa shape index (κ2) is 5.52. The van der Waals surface area contributed by atoms with Crippen LogP contribution in [0.5, 0.6) is 0 Å². The van der Waals surface area contributed by atoms with Gasteiger partial charge in [-0.25, -0.2) is 0 Å². The van der Waals surface area contributed by atoms with Gasteiger partial charge in [0.15, 0.2) is 0 Å². The lowest BCUT2D eigenvalue weighted by Crippen LogP contribution is -2.47. The summed E-state index contributed by atoms with van der Waals surface area (Å²) >= 11 is 0. The summed E-state index contributed by atoms with van der Waals surface area (Å²) in [6, 6.07) is 9.61. The molecule has 0 radical (unpaired) electrons. The van der Waals surface area contributed by atoms with Crippen LogP contribution in [-0.4, -0.2) is 19.0 Å². The average molecular weight is 312 g/mol. The molecule has 2 saturated carbocycles. The molecule has 4 aliphatic carbocycles. The van der Waals surface area contributed by atoms with Gasteiger partial charge in [0.25, 0.3) is 0 Å². The van der Waals surface area contributed by atoms with Gasteiger partial charge in [0.05, 0.1) is 18.9 Å². The zero-order chi connectivity index (χ0) is 16.0. The van der Waals surface area contributed by atoms with E-state index in [9.17, 15) is 9.59 Å². The molecule has 0 spiro atoms. The monoisotopic (exact) mass is 312 g/mol. The molecule has 0 aromatic heterocycles. The van der Waals surface area contributed by atoms with Crippen LogP contribution in [0, 0.1) is 35.5 Å². The van der Waals surface area contributed by atoms with Crippen LogP contribution in [-0.2, 0) is 25.7 Å². The number of carbonyl (C=O) groups is 2. The van der Waals surface area contributed by atoms with E-state index in [0.29, 0.717) is 11.8 Å². The van der Waals surface area contributed by atoms with Crippen LogP contribution in [0.1, 0.15) is 12.0 Å². The van der Waals surface area contributed by atoms with Crippen molar-refractivity contribution in [2.75, 3.05) is 7.11 Å². The molecule has 0 saturated heterocycles. The third kappa shape index (κ3) is 2.37. The van der Waals surface area contributed by atoms with Crippen molar-refractivity contribution in [3.63, 3.8) is 0 Å². The molecule has 0 amide bonds. The van der Waals surface area contributed by atoms with Crippen LogP contribution < -0.4 is 0 Å². The number of hydrogen-bond acceptors (Lipinski definition) is 4. The van der Waals surface area contributed by atoms with Crippen molar-refractivity contribution in [1.82, 2.24) is 0 Å². The SMILES string of the molecule is COC(=O)[C@H]1[C@H]2C=C[C@H]([C@@H]3C[C@H]23)[C@H]1C(=O)OCc1ccccc1. The molecule has 6 atom stereocenters. The second-order valence-corrected chi connectivity index (χ2v) is 6.77. The predicted octanol–water partition coefficient (Wildman–Crippen LogP) is 2.59. The number of carbonyl (C=O) groups excluding carboxylic acids is 2. The first-order valence-corrected chi connectivity index (χ1v) is 8.17. The third-order valence-electron chi connectivity index (χ3n) is 5.62. The molecule has 120 valence electrons. The molecule has 1 aromatic carbocycles. The van der Waals surface area contributed by atoms with Crippen molar-refractivity contribution in [3.8, 4) is 0 Å². The van der Waals surface area contributed by atoms with Crippen LogP contribution in [0.4, 0.5) is 0 Å². The zero-order valence-corrected chi connectivity index (χ0v) is 13.1. The predicted molar refractivity (Wildman–Crippen MR) is 83.0 cm³/mol. The maximum atomic E-state index is 12.7. The minimum atomic E-state index is -0.398. The van der Waals surface area contributed by atoms with Crippen molar-refractivity contribution in [2.45, 2.75) is 13.0 Å². The average Bonchev–Trinajstić information content (AvgIpc) is 3.41. The molecule has 0 heterocycles. The Hall–Kier alpha value is -2.10. The van der Waals surface area contributed by atoms with Crippen molar-refractivity contribution < 1.29 is 19.1 Å². The topological polar surface area (TPSA) is 52.6 Å². The minimum Gasteiger partial charge on any atom is -0.469 e. The molecule has 0 unspecified atom stereocenters. The molecule has 4 heteroatoms. The van der Waals surface area contributed by atoms with Gasteiger partial charge < -0.3 is 9.47 Å². The summed E-state index contributed by atoms with van der Waals surface area (Å²) in [5.41, 5.74) is 0.955. The van der Waals surface area contributed by atoms with E-state index in [2.05, 4.69) is 12.2 Å². The Bertz CT molecular complexity index is 651. The number of esters is 2. The molecule has 2 fully saturated rings. The van der Waals surface area contributed by atoms with Crippen LogP contribution >= 0.6 is 0 Å². The van der Waals surface area contributed by atoms with E-state index < -0.39 is 5.92 Å². The van der Waals surface area contributed by atoms with Gasteiger partial charge in [0, 0.05) is 0 Å². The van der Waals surface area contributed by atoms with Gasteiger partial charge >= 0.3 is 11.9 Å². The third-order valence-corrected chi connectivity index (χ3v) is 5.62. The number of benzene rings is 1. The van der Waals surface area contributed by atoms with Gasteiger partial charge in [-0.15, -0.1) is 0 Å². The number of hydrogen-bond donors (Lipinski definition) is 0. The lowest BCUT2D eigenvalue weighted by Gasteiger charge is -2.41. The van der Waals surface area contributed by atoms with Crippen molar-refractivity contribution >= 4 is 11.9 Å². The quantitative estimate of drug-likeness (QED) is 0.633. The van der Waals surface area contributed by atoms with Gasteiger partial charge in [0.1, 0.15) is 6.61 Å². The molecule has 4 aliphatic rings. The van der Waals surface area contributed by atoms with Gasteiger partial charge in [0.2, 0.25) is 0 Å². The zero-order valence-electron chi connectivity index (χ0n) is 13.1. The fourth-order valence-corrected chi connectivity index (χ4v) is 4.48. The van der Waals surface area contributed by atoms with E-state index in [0.717, 1.165) is 12.0 Å². The highest BCUT2D eigenvalue weighted by Gasteiger charge is 2.63. The molecule has 0 aliphatic heterocycles. The van der Waals surface area contributed by atoms with Crippen LogP contribution in [0.3, 0.4) is 0 Å². The minimum absolute atomic E-state index is 0.123. The fourth-order valence-electron chi connectivity index (χ4n) is 4.48. The smallest absolute Gasteiger partial charge is 0.310 e. The van der Waals surface area contributed by atoms with E-state index in [4.69, 9.17) is 9.47 Å². The first-order chi connectivity index (χ1) is 11.2. The Balaban J connectivity index is 1.52. The van der Waals surface area contributed by atoms with E-state index in [1.54, 1.807) is 0 Å². The lowest BCUT2D eigenvalue weighted by atomic mass is 9.62. The molecule has 23 heavy (non-hydrogen) atoms. The highest BCUT2D eigenvalue weighted by molar-refractivity contribution is 5.84.